The fourth-order valence-electron chi connectivity index (χ4n) is 3.43. The van der Waals surface area contributed by atoms with E-state index in [4.69, 9.17) is 4.42 Å². The Morgan fingerprint density at radius 2 is 1.53 bits per heavy atom. The third-order valence-corrected chi connectivity index (χ3v) is 6.62. The number of hydrogen-bond donors (Lipinski definition) is 0. The maximum atomic E-state index is 13.5. The van der Waals surface area contributed by atoms with Gasteiger partial charge < -0.3 is 4.42 Å². The van der Waals surface area contributed by atoms with Gasteiger partial charge >= 0.3 is 0 Å². The molecule has 30 heavy (non-hydrogen) atoms. The summed E-state index contributed by atoms with van der Waals surface area (Å²) in [6.07, 6.45) is 1.61. The number of nitrogens with zero attached hydrogens (tertiary/aromatic N) is 1. The lowest BCUT2D eigenvalue weighted by Crippen LogP contribution is -2.31. The number of aryl methyl sites for hydroxylation is 4. The summed E-state index contributed by atoms with van der Waals surface area (Å²) in [5.74, 6) is 0.675. The van der Waals surface area contributed by atoms with Gasteiger partial charge in [0, 0.05) is 0 Å². The van der Waals surface area contributed by atoms with Crippen molar-refractivity contribution in [3.05, 3.63) is 93.3 Å². The minimum Gasteiger partial charge on any atom is -0.468 e. The number of carbonyl (C=O) groups is 2. The molecule has 2 aromatic carbocycles. The van der Waals surface area contributed by atoms with E-state index in [0.717, 1.165) is 33.6 Å². The maximum Gasteiger partial charge on any atom is 0.272 e. The van der Waals surface area contributed by atoms with Crippen LogP contribution in [0.5, 0.6) is 0 Å². The topological polar surface area (TPSA) is 50.5 Å². The van der Waals surface area contributed by atoms with E-state index in [0.29, 0.717) is 21.9 Å². The number of benzene rings is 2. The van der Waals surface area contributed by atoms with Crippen LogP contribution in [0.3, 0.4) is 0 Å². The molecule has 0 saturated carbocycles. The summed E-state index contributed by atoms with van der Waals surface area (Å²) >= 11 is 1.35. The zero-order chi connectivity index (χ0) is 21.4. The molecule has 0 atom stereocenters. The first-order valence-corrected chi connectivity index (χ1v) is 10.8. The van der Waals surface area contributed by atoms with Crippen molar-refractivity contribution < 1.29 is 14.0 Å². The van der Waals surface area contributed by atoms with Crippen LogP contribution in [-0.4, -0.2) is 11.8 Å². The van der Waals surface area contributed by atoms with Crippen molar-refractivity contribution in [2.75, 3.05) is 4.90 Å². The SMILES string of the molecule is Cc1ccc(C2=C(SCc3ccco3)C(=O)N(c3ccc(C)c(C)c3)C2=O)cc1C. The number of thioether (sulfide) groups is 1. The lowest BCUT2D eigenvalue weighted by Gasteiger charge is -2.16. The highest BCUT2D eigenvalue weighted by Gasteiger charge is 2.40. The zero-order valence-corrected chi connectivity index (χ0v) is 18.3. The van der Waals surface area contributed by atoms with Crippen LogP contribution >= 0.6 is 11.8 Å². The van der Waals surface area contributed by atoms with Gasteiger partial charge in [-0.3, -0.25) is 9.59 Å². The molecule has 0 fully saturated rings. The molecule has 4 rings (SSSR count). The number of hydrogen-bond acceptors (Lipinski definition) is 4. The fourth-order valence-corrected chi connectivity index (χ4v) is 4.45. The van der Waals surface area contributed by atoms with Crippen LogP contribution < -0.4 is 4.90 Å². The average Bonchev–Trinajstić information content (AvgIpc) is 3.31. The Kier molecular flexibility index (Phi) is 5.39. The number of rotatable bonds is 5. The number of carbonyl (C=O) groups excluding carboxylic acids is 2. The smallest absolute Gasteiger partial charge is 0.272 e. The van der Waals surface area contributed by atoms with Crippen LogP contribution in [0.25, 0.3) is 5.57 Å². The van der Waals surface area contributed by atoms with Gasteiger partial charge in [-0.05, 0) is 79.8 Å². The predicted octanol–water partition coefficient (Wildman–Crippen LogP) is 5.73. The Labute approximate surface area is 180 Å². The van der Waals surface area contributed by atoms with Crippen LogP contribution in [0.4, 0.5) is 5.69 Å². The van der Waals surface area contributed by atoms with E-state index in [1.54, 1.807) is 6.26 Å². The summed E-state index contributed by atoms with van der Waals surface area (Å²) in [5.41, 5.74) is 6.21. The van der Waals surface area contributed by atoms with Gasteiger partial charge in [0.1, 0.15) is 5.76 Å². The summed E-state index contributed by atoms with van der Waals surface area (Å²) in [5, 5.41) is 0. The van der Waals surface area contributed by atoms with Crippen molar-refractivity contribution in [1.82, 2.24) is 0 Å². The van der Waals surface area contributed by atoms with Gasteiger partial charge in [0.25, 0.3) is 11.8 Å². The van der Waals surface area contributed by atoms with E-state index >= 15 is 0 Å². The molecule has 3 aromatic rings. The molecule has 2 heterocycles. The first-order valence-electron chi connectivity index (χ1n) is 9.80. The highest BCUT2D eigenvalue weighted by atomic mass is 32.2. The summed E-state index contributed by atoms with van der Waals surface area (Å²) in [4.78, 5) is 28.6. The standard InChI is InChI=1S/C25H23NO3S/c1-15-7-9-19(12-17(15)3)22-23(30-14-21-6-5-11-29-21)25(28)26(24(22)27)20-10-8-16(2)18(4)13-20/h5-13H,14H2,1-4H3. The molecule has 0 N–H and O–H groups in total. The molecule has 152 valence electrons. The van der Waals surface area contributed by atoms with E-state index in [2.05, 4.69) is 0 Å². The van der Waals surface area contributed by atoms with E-state index in [1.807, 2.05) is 76.2 Å². The van der Waals surface area contributed by atoms with Crippen LogP contribution in [-0.2, 0) is 15.3 Å². The summed E-state index contributed by atoms with van der Waals surface area (Å²) in [6, 6.07) is 15.2. The Bertz CT molecular complexity index is 1180. The molecular weight excluding hydrogens is 394 g/mol. The zero-order valence-electron chi connectivity index (χ0n) is 17.5. The molecule has 0 unspecified atom stereocenters. The van der Waals surface area contributed by atoms with Crippen LogP contribution in [0.2, 0.25) is 0 Å². The molecule has 2 amide bonds. The highest BCUT2D eigenvalue weighted by molar-refractivity contribution is 8.03. The highest BCUT2D eigenvalue weighted by Crippen LogP contribution is 2.40. The number of amides is 2. The van der Waals surface area contributed by atoms with Gasteiger partial charge in [-0.1, -0.05) is 24.3 Å². The Morgan fingerprint density at radius 1 is 0.833 bits per heavy atom. The van der Waals surface area contributed by atoms with Crippen molar-refractivity contribution in [1.29, 1.82) is 0 Å². The first kappa shape index (κ1) is 20.2. The van der Waals surface area contributed by atoms with Crippen molar-refractivity contribution in [2.24, 2.45) is 0 Å². The van der Waals surface area contributed by atoms with Crippen LogP contribution in [0, 0.1) is 27.7 Å². The van der Waals surface area contributed by atoms with Crippen LogP contribution in [0.15, 0.2) is 64.1 Å². The quantitative estimate of drug-likeness (QED) is 0.497. The number of furan rings is 1. The normalized spacial score (nSPS) is 14.2. The van der Waals surface area contributed by atoms with E-state index < -0.39 is 0 Å². The summed E-state index contributed by atoms with van der Waals surface area (Å²) in [6.45, 7) is 8.03. The van der Waals surface area contributed by atoms with E-state index in [1.165, 1.54) is 16.7 Å². The number of anilines is 1. The van der Waals surface area contributed by atoms with Crippen molar-refractivity contribution in [2.45, 2.75) is 33.4 Å². The Balaban J connectivity index is 1.78. The third kappa shape index (κ3) is 3.61. The molecule has 0 saturated heterocycles. The third-order valence-electron chi connectivity index (χ3n) is 5.52. The molecule has 1 aliphatic heterocycles. The monoisotopic (exact) mass is 417 g/mol. The van der Waals surface area contributed by atoms with Crippen molar-refractivity contribution in [3.8, 4) is 0 Å². The molecular formula is C25H23NO3S. The lowest BCUT2D eigenvalue weighted by molar-refractivity contribution is -0.119. The van der Waals surface area contributed by atoms with Gasteiger partial charge in [-0.2, -0.15) is 0 Å². The van der Waals surface area contributed by atoms with E-state index in [-0.39, 0.29) is 11.8 Å². The second kappa shape index (κ2) is 8.00. The second-order valence-corrected chi connectivity index (χ2v) is 8.57. The minimum atomic E-state index is -0.284. The molecule has 5 heteroatoms. The molecule has 0 spiro atoms. The van der Waals surface area contributed by atoms with Gasteiger partial charge in [-0.15, -0.1) is 11.8 Å². The minimum absolute atomic E-state index is 0.284. The molecule has 1 aliphatic rings. The molecule has 4 nitrogen and oxygen atoms in total. The molecule has 0 radical (unpaired) electrons. The summed E-state index contributed by atoms with van der Waals surface area (Å²) in [7, 11) is 0. The van der Waals surface area contributed by atoms with Crippen molar-refractivity contribution in [3.63, 3.8) is 0 Å². The van der Waals surface area contributed by atoms with Crippen LogP contribution in [0.1, 0.15) is 33.6 Å². The maximum absolute atomic E-state index is 13.5. The van der Waals surface area contributed by atoms with Gasteiger partial charge in [0.05, 0.1) is 28.2 Å². The number of imide groups is 1. The van der Waals surface area contributed by atoms with Gasteiger partial charge in [0.15, 0.2) is 0 Å². The van der Waals surface area contributed by atoms with Crippen molar-refractivity contribution >= 4 is 34.8 Å². The first-order chi connectivity index (χ1) is 14.4. The predicted molar refractivity (Wildman–Crippen MR) is 121 cm³/mol. The van der Waals surface area contributed by atoms with Gasteiger partial charge in [0.2, 0.25) is 0 Å². The summed E-state index contributed by atoms with van der Waals surface area (Å²) < 4.78 is 5.42. The average molecular weight is 418 g/mol. The fraction of sp³-hybridized carbons (Fsp3) is 0.200. The molecule has 0 bridgehead atoms. The Hall–Kier alpha value is -3.05. The second-order valence-electron chi connectivity index (χ2n) is 7.59. The van der Waals surface area contributed by atoms with Gasteiger partial charge in [-0.25, -0.2) is 4.90 Å². The molecule has 0 aliphatic carbocycles. The Morgan fingerprint density at radius 3 is 2.17 bits per heavy atom. The largest absolute Gasteiger partial charge is 0.468 e. The molecule has 1 aromatic heterocycles. The lowest BCUT2D eigenvalue weighted by atomic mass is 10.0. The van der Waals surface area contributed by atoms with E-state index in [9.17, 15) is 9.59 Å².